The van der Waals surface area contributed by atoms with Gasteiger partial charge in [-0.2, -0.15) is 0 Å². The minimum absolute atomic E-state index is 0.0488. The molecule has 1 fully saturated rings. The summed E-state index contributed by atoms with van der Waals surface area (Å²) in [5.41, 5.74) is 5.24. The van der Waals surface area contributed by atoms with E-state index in [2.05, 4.69) is 9.88 Å². The molecule has 2 aromatic carbocycles. The van der Waals surface area contributed by atoms with Gasteiger partial charge in [0.25, 0.3) is 0 Å². The van der Waals surface area contributed by atoms with Crippen LogP contribution >= 0.6 is 0 Å². The van der Waals surface area contributed by atoms with Crippen LogP contribution in [0.3, 0.4) is 0 Å². The van der Waals surface area contributed by atoms with Crippen molar-refractivity contribution < 1.29 is 10.2 Å². The van der Waals surface area contributed by atoms with E-state index in [4.69, 9.17) is 4.98 Å². The molecule has 0 aliphatic heterocycles. The molecule has 2 N–H and O–H groups in total. The Kier molecular flexibility index (Phi) is 4.12. The molecule has 2 heterocycles. The van der Waals surface area contributed by atoms with Crippen molar-refractivity contribution in [1.82, 2.24) is 14.5 Å². The minimum atomic E-state index is 0.0488. The Balaban J connectivity index is 1.58. The predicted octanol–water partition coefficient (Wildman–Crippen LogP) is 4.59. The number of aromatic nitrogens is 3. The normalized spacial score (nSPS) is 13.7. The van der Waals surface area contributed by atoms with E-state index in [1.807, 2.05) is 48.3 Å². The van der Waals surface area contributed by atoms with Crippen molar-refractivity contribution >= 4 is 22.4 Å². The number of phenolic OH excluding ortho intramolecular Hbond substituents is 2. The Morgan fingerprint density at radius 2 is 1.79 bits per heavy atom. The largest absolute Gasteiger partial charge is 0.508 e. The molecular formula is C23H22N4O2. The van der Waals surface area contributed by atoms with Gasteiger partial charge >= 0.3 is 0 Å². The zero-order valence-corrected chi connectivity index (χ0v) is 16.2. The quantitative estimate of drug-likeness (QED) is 0.525. The number of fused-ring (bicyclic) bond motifs is 1. The number of nitrogens with zero attached hydrogens (tertiary/aromatic N) is 4. The number of aromatic hydroxyl groups is 2. The topological polar surface area (TPSA) is 74.4 Å². The van der Waals surface area contributed by atoms with E-state index in [1.165, 1.54) is 18.9 Å². The highest BCUT2D eigenvalue weighted by atomic mass is 16.3. The van der Waals surface area contributed by atoms with Gasteiger partial charge in [0.2, 0.25) is 0 Å². The van der Waals surface area contributed by atoms with Crippen molar-refractivity contribution in [2.24, 2.45) is 13.0 Å². The minimum Gasteiger partial charge on any atom is -0.508 e. The second kappa shape index (κ2) is 6.81. The van der Waals surface area contributed by atoms with Crippen LogP contribution in [-0.2, 0) is 7.05 Å². The maximum Gasteiger partial charge on any atom is 0.121 e. The van der Waals surface area contributed by atoms with Crippen molar-refractivity contribution in [3.63, 3.8) is 0 Å². The van der Waals surface area contributed by atoms with E-state index in [1.54, 1.807) is 18.3 Å². The van der Waals surface area contributed by atoms with Crippen LogP contribution in [0, 0.1) is 5.92 Å². The molecule has 1 saturated carbocycles. The fraction of sp³-hybridized carbons (Fsp3) is 0.217. The molecular weight excluding hydrogens is 364 g/mol. The lowest BCUT2D eigenvalue weighted by Gasteiger charge is -2.25. The van der Waals surface area contributed by atoms with Crippen LogP contribution in [0.2, 0.25) is 0 Å². The monoisotopic (exact) mass is 386 g/mol. The zero-order chi connectivity index (χ0) is 20.0. The van der Waals surface area contributed by atoms with Crippen LogP contribution in [0.4, 0.5) is 11.4 Å². The second-order valence-electron chi connectivity index (χ2n) is 7.76. The van der Waals surface area contributed by atoms with Gasteiger partial charge in [-0.1, -0.05) is 0 Å². The van der Waals surface area contributed by atoms with E-state index in [0.717, 1.165) is 40.2 Å². The Morgan fingerprint density at radius 3 is 2.48 bits per heavy atom. The van der Waals surface area contributed by atoms with Gasteiger partial charge in [0, 0.05) is 61.1 Å². The Labute approximate surface area is 168 Å². The molecule has 0 radical (unpaired) electrons. The van der Waals surface area contributed by atoms with Crippen LogP contribution in [0.15, 0.2) is 61.1 Å². The smallest absolute Gasteiger partial charge is 0.121 e. The third-order valence-corrected chi connectivity index (χ3v) is 5.30. The summed E-state index contributed by atoms with van der Waals surface area (Å²) >= 11 is 0. The molecule has 6 heteroatoms. The number of rotatable bonds is 5. The average Bonchev–Trinajstić information content (AvgIpc) is 3.42. The lowest BCUT2D eigenvalue weighted by Crippen LogP contribution is -2.19. The first-order valence-electron chi connectivity index (χ1n) is 9.75. The maximum atomic E-state index is 9.96. The molecule has 2 aromatic heterocycles. The number of hydrogen-bond donors (Lipinski definition) is 2. The first-order chi connectivity index (χ1) is 14.0. The van der Waals surface area contributed by atoms with Crippen molar-refractivity contribution in [3.8, 4) is 22.8 Å². The number of hydrogen-bond acceptors (Lipinski definition) is 5. The Hall–Kier alpha value is -3.54. The van der Waals surface area contributed by atoms with Gasteiger partial charge in [-0.15, -0.1) is 0 Å². The average molecular weight is 386 g/mol. The molecule has 0 atom stereocenters. The number of anilines is 2. The third kappa shape index (κ3) is 3.61. The molecule has 1 aliphatic rings. The van der Waals surface area contributed by atoms with Crippen molar-refractivity contribution in [1.29, 1.82) is 0 Å². The van der Waals surface area contributed by atoms with Crippen LogP contribution in [0.5, 0.6) is 11.5 Å². The van der Waals surface area contributed by atoms with E-state index in [9.17, 15) is 10.2 Å². The second-order valence-corrected chi connectivity index (χ2v) is 7.76. The Morgan fingerprint density at radius 1 is 1.00 bits per heavy atom. The van der Waals surface area contributed by atoms with Gasteiger partial charge in [0.15, 0.2) is 0 Å². The fourth-order valence-electron chi connectivity index (χ4n) is 3.62. The van der Waals surface area contributed by atoms with E-state index < -0.39 is 0 Å². The molecule has 0 saturated heterocycles. The highest BCUT2D eigenvalue weighted by molar-refractivity contribution is 5.82. The Bertz CT molecular complexity index is 1180. The first-order valence-corrected chi connectivity index (χ1v) is 9.75. The van der Waals surface area contributed by atoms with Gasteiger partial charge in [0.05, 0.1) is 22.9 Å². The van der Waals surface area contributed by atoms with Crippen molar-refractivity contribution in [2.75, 3.05) is 11.4 Å². The number of phenols is 2. The summed E-state index contributed by atoms with van der Waals surface area (Å²) in [5.74, 6) is 0.720. The SMILES string of the molecule is Cn1ccc(-c2cnc3ccc(N(CC4CC4)c4cc(O)cc(O)c4)cc3n2)c1. The summed E-state index contributed by atoms with van der Waals surface area (Å²) in [5, 5.41) is 19.9. The van der Waals surface area contributed by atoms with Gasteiger partial charge < -0.3 is 19.7 Å². The molecule has 0 unspecified atom stereocenters. The molecule has 4 aromatic rings. The van der Waals surface area contributed by atoms with Crippen LogP contribution < -0.4 is 4.90 Å². The molecule has 6 nitrogen and oxygen atoms in total. The van der Waals surface area contributed by atoms with Gasteiger partial charge in [-0.05, 0) is 43.0 Å². The first kappa shape index (κ1) is 17.6. The van der Waals surface area contributed by atoms with Crippen LogP contribution in [0.1, 0.15) is 12.8 Å². The molecule has 5 rings (SSSR count). The van der Waals surface area contributed by atoms with E-state index >= 15 is 0 Å². The number of aryl methyl sites for hydroxylation is 1. The maximum absolute atomic E-state index is 9.96. The third-order valence-electron chi connectivity index (χ3n) is 5.30. The summed E-state index contributed by atoms with van der Waals surface area (Å²) in [4.78, 5) is 11.5. The van der Waals surface area contributed by atoms with Gasteiger partial charge in [-0.25, -0.2) is 4.98 Å². The molecule has 29 heavy (non-hydrogen) atoms. The standard InChI is InChI=1S/C23H22N4O2/c1-26-7-6-16(14-26)23-12-24-21-5-4-17(10-22(21)25-23)27(13-15-2-3-15)18-8-19(28)11-20(29)9-18/h4-12,14-15,28-29H,2-3,13H2,1H3. The molecule has 1 aliphatic carbocycles. The highest BCUT2D eigenvalue weighted by Gasteiger charge is 2.26. The van der Waals surface area contributed by atoms with Gasteiger partial charge in [-0.3, -0.25) is 4.98 Å². The van der Waals surface area contributed by atoms with Crippen molar-refractivity contribution in [3.05, 3.63) is 61.1 Å². The highest BCUT2D eigenvalue weighted by Crippen LogP contribution is 2.38. The summed E-state index contributed by atoms with van der Waals surface area (Å²) in [6, 6.07) is 12.7. The number of benzene rings is 2. The van der Waals surface area contributed by atoms with Crippen molar-refractivity contribution in [2.45, 2.75) is 12.8 Å². The molecule has 0 bridgehead atoms. The lowest BCUT2D eigenvalue weighted by atomic mass is 10.1. The molecule has 0 spiro atoms. The van der Waals surface area contributed by atoms with Gasteiger partial charge in [0.1, 0.15) is 11.5 Å². The molecule has 0 amide bonds. The summed E-state index contributed by atoms with van der Waals surface area (Å²) in [6.07, 6.45) is 8.21. The predicted molar refractivity (Wildman–Crippen MR) is 113 cm³/mol. The summed E-state index contributed by atoms with van der Waals surface area (Å²) < 4.78 is 1.99. The lowest BCUT2D eigenvalue weighted by molar-refractivity contribution is 0.450. The van der Waals surface area contributed by atoms with Crippen LogP contribution in [-0.4, -0.2) is 31.3 Å². The molecule has 146 valence electrons. The summed E-state index contributed by atoms with van der Waals surface area (Å²) in [7, 11) is 1.98. The van der Waals surface area contributed by atoms with E-state index in [-0.39, 0.29) is 11.5 Å². The zero-order valence-electron chi connectivity index (χ0n) is 16.2. The van der Waals surface area contributed by atoms with Crippen LogP contribution in [0.25, 0.3) is 22.3 Å². The summed E-state index contributed by atoms with van der Waals surface area (Å²) in [6.45, 7) is 0.834. The van der Waals surface area contributed by atoms with E-state index in [0.29, 0.717) is 5.92 Å². The fourth-order valence-corrected chi connectivity index (χ4v) is 3.62.